The summed E-state index contributed by atoms with van der Waals surface area (Å²) in [5, 5.41) is 15.5. The number of para-hydroxylation sites is 1. The number of nitro benzene ring substituents is 1. The first-order valence-corrected chi connectivity index (χ1v) is 7.12. The quantitative estimate of drug-likeness (QED) is 0.343. The smallest absolute Gasteiger partial charge is 0.345 e. The molecule has 0 aliphatic carbocycles. The second-order valence-corrected chi connectivity index (χ2v) is 5.10. The zero-order valence-corrected chi connectivity index (χ0v) is 12.7. The van der Waals surface area contributed by atoms with Gasteiger partial charge in [0.2, 0.25) is 0 Å². The molecule has 120 valence electrons. The number of nitrogens with zero attached hydrogens (tertiary/aromatic N) is 2. The van der Waals surface area contributed by atoms with Gasteiger partial charge in [-0.05, 0) is 31.2 Å². The molecule has 0 bridgehead atoms. The zero-order valence-electron chi connectivity index (χ0n) is 12.7. The first kappa shape index (κ1) is 15.4. The first-order valence-electron chi connectivity index (χ1n) is 7.12. The van der Waals surface area contributed by atoms with Crippen molar-refractivity contribution in [1.82, 2.24) is 0 Å². The molecule has 1 N–H and O–H groups in total. The van der Waals surface area contributed by atoms with Crippen LogP contribution < -0.4 is 11.1 Å². The van der Waals surface area contributed by atoms with Crippen molar-refractivity contribution in [3.63, 3.8) is 0 Å². The molecule has 1 aromatic heterocycles. The van der Waals surface area contributed by atoms with Gasteiger partial charge in [0.15, 0.2) is 0 Å². The minimum atomic E-state index is -0.549. The molecule has 0 spiro atoms. The molecule has 0 amide bonds. The van der Waals surface area contributed by atoms with E-state index < -0.39 is 10.5 Å². The SMILES string of the molecule is C/C(=N/Nc1ccccc1)c1cc2cc([N+](=O)[O-])ccc2oc1=O. The van der Waals surface area contributed by atoms with E-state index in [4.69, 9.17) is 4.42 Å². The Kier molecular flexibility index (Phi) is 4.07. The molecule has 0 fully saturated rings. The minimum Gasteiger partial charge on any atom is -0.422 e. The van der Waals surface area contributed by atoms with Crippen molar-refractivity contribution in [3.05, 3.63) is 80.7 Å². The molecule has 0 saturated carbocycles. The average molecular weight is 323 g/mol. The lowest BCUT2D eigenvalue weighted by molar-refractivity contribution is -0.384. The number of rotatable bonds is 4. The van der Waals surface area contributed by atoms with Gasteiger partial charge >= 0.3 is 5.63 Å². The van der Waals surface area contributed by atoms with E-state index in [2.05, 4.69) is 10.5 Å². The summed E-state index contributed by atoms with van der Waals surface area (Å²) >= 11 is 0. The van der Waals surface area contributed by atoms with Crippen molar-refractivity contribution in [1.29, 1.82) is 0 Å². The monoisotopic (exact) mass is 323 g/mol. The normalized spacial score (nSPS) is 11.5. The Labute approximate surface area is 136 Å². The average Bonchev–Trinajstić information content (AvgIpc) is 2.59. The van der Waals surface area contributed by atoms with Gasteiger partial charge in [-0.2, -0.15) is 5.10 Å². The summed E-state index contributed by atoms with van der Waals surface area (Å²) in [6, 6.07) is 14.9. The molecule has 7 nitrogen and oxygen atoms in total. The maximum absolute atomic E-state index is 12.1. The van der Waals surface area contributed by atoms with E-state index in [1.165, 1.54) is 18.2 Å². The number of non-ortho nitro benzene ring substituents is 1. The predicted octanol–water partition coefficient (Wildman–Crippen LogP) is 3.54. The number of hydrogen-bond acceptors (Lipinski definition) is 6. The Morgan fingerprint density at radius 3 is 2.62 bits per heavy atom. The molecule has 3 rings (SSSR count). The van der Waals surface area contributed by atoms with Crippen LogP contribution in [-0.4, -0.2) is 10.6 Å². The fourth-order valence-corrected chi connectivity index (χ4v) is 2.20. The van der Waals surface area contributed by atoms with Crippen LogP contribution in [0.1, 0.15) is 12.5 Å². The largest absolute Gasteiger partial charge is 0.422 e. The van der Waals surface area contributed by atoms with Crippen LogP contribution in [0.15, 0.2) is 68.9 Å². The van der Waals surface area contributed by atoms with Gasteiger partial charge in [-0.1, -0.05) is 18.2 Å². The molecule has 0 radical (unpaired) electrons. The number of hydrogen-bond donors (Lipinski definition) is 1. The summed E-state index contributed by atoms with van der Waals surface area (Å²) < 4.78 is 5.21. The van der Waals surface area contributed by atoms with Crippen LogP contribution in [0.5, 0.6) is 0 Å². The zero-order chi connectivity index (χ0) is 17.1. The van der Waals surface area contributed by atoms with E-state index in [0.717, 1.165) is 5.69 Å². The lowest BCUT2D eigenvalue weighted by Crippen LogP contribution is -2.13. The molecule has 0 saturated heterocycles. The van der Waals surface area contributed by atoms with Crippen LogP contribution in [0, 0.1) is 10.1 Å². The van der Waals surface area contributed by atoms with Gasteiger partial charge < -0.3 is 4.42 Å². The van der Waals surface area contributed by atoms with Crippen LogP contribution >= 0.6 is 0 Å². The molecular formula is C17H13N3O4. The number of fused-ring (bicyclic) bond motifs is 1. The van der Waals surface area contributed by atoms with Crippen molar-refractivity contribution >= 4 is 28.1 Å². The lowest BCUT2D eigenvalue weighted by Gasteiger charge is -2.04. The molecule has 2 aromatic carbocycles. The van der Waals surface area contributed by atoms with Gasteiger partial charge in [-0.25, -0.2) is 4.79 Å². The Bertz CT molecular complexity index is 994. The van der Waals surface area contributed by atoms with Gasteiger partial charge in [0.1, 0.15) is 5.58 Å². The summed E-state index contributed by atoms with van der Waals surface area (Å²) in [5.41, 5.74) is 3.95. The third-order valence-corrected chi connectivity index (χ3v) is 3.44. The third-order valence-electron chi connectivity index (χ3n) is 3.44. The summed E-state index contributed by atoms with van der Waals surface area (Å²) in [6.45, 7) is 1.66. The highest BCUT2D eigenvalue weighted by molar-refractivity contribution is 6.01. The van der Waals surface area contributed by atoms with Gasteiger partial charge in [-0.3, -0.25) is 15.5 Å². The van der Waals surface area contributed by atoms with E-state index in [1.807, 2.05) is 30.3 Å². The minimum absolute atomic E-state index is 0.0701. The molecule has 24 heavy (non-hydrogen) atoms. The molecular weight excluding hydrogens is 310 g/mol. The van der Waals surface area contributed by atoms with E-state index in [9.17, 15) is 14.9 Å². The summed E-state index contributed by atoms with van der Waals surface area (Å²) in [6.07, 6.45) is 0. The molecule has 1 heterocycles. The fourth-order valence-electron chi connectivity index (χ4n) is 2.20. The van der Waals surface area contributed by atoms with Crippen LogP contribution in [0.4, 0.5) is 11.4 Å². The number of benzene rings is 2. The van der Waals surface area contributed by atoms with Crippen LogP contribution in [0.2, 0.25) is 0 Å². The Hall–Kier alpha value is -3.48. The van der Waals surface area contributed by atoms with Gasteiger partial charge in [-0.15, -0.1) is 0 Å². The number of hydrazone groups is 1. The van der Waals surface area contributed by atoms with Crippen LogP contribution in [-0.2, 0) is 0 Å². The molecule has 7 heteroatoms. The number of nitrogens with one attached hydrogen (secondary N) is 1. The molecule has 0 atom stereocenters. The van der Waals surface area contributed by atoms with Gasteiger partial charge in [0.25, 0.3) is 5.69 Å². The third kappa shape index (κ3) is 3.14. The van der Waals surface area contributed by atoms with Crippen molar-refractivity contribution in [2.45, 2.75) is 6.92 Å². The van der Waals surface area contributed by atoms with E-state index in [1.54, 1.807) is 13.0 Å². The van der Waals surface area contributed by atoms with Crippen molar-refractivity contribution in [2.24, 2.45) is 5.10 Å². The molecule has 0 unspecified atom stereocenters. The number of nitro groups is 1. The summed E-state index contributed by atoms with van der Waals surface area (Å²) in [5.74, 6) is 0. The summed E-state index contributed by atoms with van der Waals surface area (Å²) in [7, 11) is 0. The summed E-state index contributed by atoms with van der Waals surface area (Å²) in [4.78, 5) is 22.5. The second-order valence-electron chi connectivity index (χ2n) is 5.10. The Morgan fingerprint density at radius 2 is 1.92 bits per heavy atom. The van der Waals surface area contributed by atoms with Crippen molar-refractivity contribution in [2.75, 3.05) is 5.43 Å². The first-order chi connectivity index (χ1) is 11.5. The van der Waals surface area contributed by atoms with E-state index >= 15 is 0 Å². The van der Waals surface area contributed by atoms with E-state index in [-0.39, 0.29) is 16.8 Å². The highest BCUT2D eigenvalue weighted by atomic mass is 16.6. The molecule has 0 aliphatic heterocycles. The maximum Gasteiger partial charge on any atom is 0.345 e. The topological polar surface area (TPSA) is 97.7 Å². The maximum atomic E-state index is 12.1. The lowest BCUT2D eigenvalue weighted by atomic mass is 10.1. The number of anilines is 1. The van der Waals surface area contributed by atoms with Crippen LogP contribution in [0.3, 0.4) is 0 Å². The van der Waals surface area contributed by atoms with Gasteiger partial charge in [0.05, 0.1) is 21.9 Å². The predicted molar refractivity (Wildman–Crippen MR) is 91.4 cm³/mol. The Morgan fingerprint density at radius 1 is 1.17 bits per heavy atom. The fraction of sp³-hybridized carbons (Fsp3) is 0.0588. The van der Waals surface area contributed by atoms with Crippen molar-refractivity contribution in [3.8, 4) is 0 Å². The van der Waals surface area contributed by atoms with E-state index in [0.29, 0.717) is 11.1 Å². The standard InChI is InChI=1S/C17H13N3O4/c1-11(18-19-13-5-3-2-4-6-13)15-10-12-9-14(20(22)23)7-8-16(12)24-17(15)21/h2-10,19H,1H3/b18-11-. The van der Waals surface area contributed by atoms with Gasteiger partial charge in [0, 0.05) is 17.5 Å². The second kappa shape index (κ2) is 6.33. The highest BCUT2D eigenvalue weighted by Gasteiger charge is 2.12. The molecule has 0 aliphatic rings. The van der Waals surface area contributed by atoms with Crippen LogP contribution in [0.25, 0.3) is 11.0 Å². The Balaban J connectivity index is 1.99. The highest BCUT2D eigenvalue weighted by Crippen LogP contribution is 2.20. The van der Waals surface area contributed by atoms with Crippen molar-refractivity contribution < 1.29 is 9.34 Å². The molecule has 3 aromatic rings.